The number of nitrogens with zero attached hydrogens (tertiary/aromatic N) is 6. The number of hydrazone groups is 1. The largest absolute Gasteiger partial charge is 0.497 e. The van der Waals surface area contributed by atoms with Crippen molar-refractivity contribution in [3.05, 3.63) is 96.1 Å². The van der Waals surface area contributed by atoms with Gasteiger partial charge in [-0.3, -0.25) is 9.69 Å². The lowest BCUT2D eigenvalue weighted by Crippen LogP contribution is -2.54. The molecule has 0 saturated carbocycles. The summed E-state index contributed by atoms with van der Waals surface area (Å²) in [6.45, 7) is 2.85. The number of thiocarbonyl (C=S) groups is 1. The number of morpholine rings is 2. The number of anilines is 1. The van der Waals surface area contributed by atoms with E-state index in [0.29, 0.717) is 50.0 Å². The van der Waals surface area contributed by atoms with E-state index in [9.17, 15) is 14.4 Å². The summed E-state index contributed by atoms with van der Waals surface area (Å²) in [5, 5.41) is 5.58. The molecular formula is C34H38N6O6S. The first-order valence-corrected chi connectivity index (χ1v) is 15.7. The van der Waals surface area contributed by atoms with Gasteiger partial charge >= 0.3 is 12.1 Å². The van der Waals surface area contributed by atoms with Gasteiger partial charge in [-0.1, -0.05) is 60.7 Å². The molecule has 3 aromatic carbocycles. The second-order valence-corrected chi connectivity index (χ2v) is 11.2. The Hall–Kier alpha value is -4.85. The van der Waals surface area contributed by atoms with Gasteiger partial charge in [-0.25, -0.2) is 9.59 Å². The number of hydrogen-bond donors (Lipinski definition) is 0. The topological polar surface area (TPSA) is 107 Å². The van der Waals surface area contributed by atoms with E-state index in [0.717, 1.165) is 10.6 Å². The number of methoxy groups -OCH3 is 1. The zero-order chi connectivity index (χ0) is 33.2. The molecule has 246 valence electrons. The van der Waals surface area contributed by atoms with Crippen molar-refractivity contribution in [1.82, 2.24) is 19.7 Å². The predicted octanol–water partition coefficient (Wildman–Crippen LogP) is 4.06. The normalized spacial score (nSPS) is 15.1. The van der Waals surface area contributed by atoms with E-state index < -0.39 is 18.0 Å². The van der Waals surface area contributed by atoms with Gasteiger partial charge in [0.1, 0.15) is 5.75 Å². The minimum atomic E-state index is -0.647. The number of benzene rings is 3. The summed E-state index contributed by atoms with van der Waals surface area (Å²) in [6, 6.07) is 24.1. The van der Waals surface area contributed by atoms with Gasteiger partial charge in [0.15, 0.2) is 10.8 Å². The summed E-state index contributed by atoms with van der Waals surface area (Å²) in [6.07, 6.45) is 0. The maximum atomic E-state index is 14.9. The number of urea groups is 2. The van der Waals surface area contributed by atoms with Crippen molar-refractivity contribution < 1.29 is 28.6 Å². The Bertz CT molecular complexity index is 1530. The third-order valence-corrected chi connectivity index (χ3v) is 8.18. The number of rotatable bonds is 7. The van der Waals surface area contributed by atoms with E-state index in [1.165, 1.54) is 14.7 Å². The van der Waals surface area contributed by atoms with Crippen LogP contribution in [-0.2, 0) is 20.8 Å². The third kappa shape index (κ3) is 8.30. The van der Waals surface area contributed by atoms with Crippen LogP contribution in [0.3, 0.4) is 0 Å². The molecule has 0 unspecified atom stereocenters. The average Bonchev–Trinajstić information content (AvgIpc) is 3.13. The van der Waals surface area contributed by atoms with Gasteiger partial charge in [-0.2, -0.15) is 5.10 Å². The molecule has 2 saturated heterocycles. The molecule has 5 amide bonds. The summed E-state index contributed by atoms with van der Waals surface area (Å²) in [7, 11) is 3.36. The molecule has 47 heavy (non-hydrogen) atoms. The number of imide groups is 1. The van der Waals surface area contributed by atoms with Crippen LogP contribution in [0, 0.1) is 0 Å². The zero-order valence-corrected chi connectivity index (χ0v) is 27.3. The molecule has 3 aromatic rings. The molecular weight excluding hydrogens is 620 g/mol. The van der Waals surface area contributed by atoms with E-state index >= 15 is 0 Å². The molecule has 0 aliphatic carbocycles. The number of amides is 5. The quantitative estimate of drug-likeness (QED) is 0.213. The summed E-state index contributed by atoms with van der Waals surface area (Å²) in [5.74, 6) is -0.0270. The minimum Gasteiger partial charge on any atom is -0.497 e. The van der Waals surface area contributed by atoms with E-state index in [1.54, 1.807) is 73.7 Å². The van der Waals surface area contributed by atoms with Crippen molar-refractivity contribution >= 4 is 46.7 Å². The number of hydrogen-bond acceptors (Lipinski definition) is 8. The van der Waals surface area contributed by atoms with Gasteiger partial charge in [-0.05, 0) is 42.0 Å². The first-order chi connectivity index (χ1) is 22.9. The van der Waals surface area contributed by atoms with Crippen LogP contribution in [0.25, 0.3) is 0 Å². The van der Waals surface area contributed by atoms with Crippen LogP contribution in [-0.4, -0.2) is 115 Å². The van der Waals surface area contributed by atoms with Gasteiger partial charge < -0.3 is 28.9 Å². The fraction of sp³-hybridized carbons (Fsp3) is 0.324. The van der Waals surface area contributed by atoms with E-state index in [-0.39, 0.29) is 37.0 Å². The van der Waals surface area contributed by atoms with Gasteiger partial charge in [0, 0.05) is 45.3 Å². The molecule has 2 aliphatic rings. The van der Waals surface area contributed by atoms with Crippen molar-refractivity contribution in [2.24, 2.45) is 5.10 Å². The molecule has 0 atom stereocenters. The highest BCUT2D eigenvalue weighted by molar-refractivity contribution is 7.80. The van der Waals surface area contributed by atoms with Gasteiger partial charge in [-0.15, -0.1) is 5.01 Å². The zero-order valence-electron chi connectivity index (χ0n) is 26.5. The second kappa shape index (κ2) is 16.1. The van der Waals surface area contributed by atoms with Crippen LogP contribution in [0.2, 0.25) is 0 Å². The van der Waals surface area contributed by atoms with Gasteiger partial charge in [0.05, 0.1) is 39.2 Å². The summed E-state index contributed by atoms with van der Waals surface area (Å²) in [4.78, 5) is 48.9. The highest BCUT2D eigenvalue weighted by Gasteiger charge is 2.35. The fourth-order valence-corrected chi connectivity index (χ4v) is 5.36. The molecule has 0 spiro atoms. The number of carbonyl (C=O) groups is 3. The molecule has 12 nitrogen and oxygen atoms in total. The van der Waals surface area contributed by atoms with E-state index in [1.807, 2.05) is 30.3 Å². The summed E-state index contributed by atoms with van der Waals surface area (Å²) >= 11 is 5.96. The molecule has 2 fully saturated rings. The van der Waals surface area contributed by atoms with Crippen LogP contribution >= 0.6 is 12.2 Å². The fourth-order valence-electron chi connectivity index (χ4n) is 5.11. The number of carbonyl (C=O) groups excluding carboxylic acids is 3. The lowest BCUT2D eigenvalue weighted by molar-refractivity contribution is -0.111. The average molecular weight is 659 g/mol. The standard InChI is InChI=1S/C34H38N6O6S/c1-36(25-26-9-5-3-6-10-26)34(47)39(28-13-15-29(44-2)16-14-28)31(41)30(27-11-7-4-8-12-27)35-40(32(42)37-17-21-45-22-18-37)33(43)38-19-23-46-24-20-38/h3-16H,17-25H2,1-2H3/b35-30+. The Balaban J connectivity index is 1.60. The minimum absolute atomic E-state index is 0.139. The van der Waals surface area contributed by atoms with Crippen molar-refractivity contribution in [2.45, 2.75) is 6.54 Å². The maximum absolute atomic E-state index is 14.9. The Labute approximate surface area is 279 Å². The Morgan fingerprint density at radius 3 is 1.81 bits per heavy atom. The Morgan fingerprint density at radius 2 is 1.30 bits per heavy atom. The van der Waals surface area contributed by atoms with Crippen molar-refractivity contribution in [3.63, 3.8) is 0 Å². The van der Waals surface area contributed by atoms with Crippen LogP contribution in [0.5, 0.6) is 5.75 Å². The third-order valence-electron chi connectivity index (χ3n) is 7.69. The second-order valence-electron chi connectivity index (χ2n) is 10.9. The highest BCUT2D eigenvalue weighted by Crippen LogP contribution is 2.23. The molecule has 0 aromatic heterocycles. The highest BCUT2D eigenvalue weighted by atomic mass is 32.1. The molecule has 5 rings (SSSR count). The van der Waals surface area contributed by atoms with Gasteiger partial charge in [0.25, 0.3) is 5.91 Å². The molecule has 0 bridgehead atoms. The summed E-state index contributed by atoms with van der Waals surface area (Å²) < 4.78 is 16.2. The molecule has 2 aliphatic heterocycles. The smallest absolute Gasteiger partial charge is 0.349 e. The monoisotopic (exact) mass is 658 g/mol. The van der Waals surface area contributed by atoms with Crippen molar-refractivity contribution in [2.75, 3.05) is 71.7 Å². The van der Waals surface area contributed by atoms with E-state index in [2.05, 4.69) is 5.10 Å². The Kier molecular flexibility index (Phi) is 11.5. The number of ether oxygens (including phenoxy) is 3. The first-order valence-electron chi connectivity index (χ1n) is 15.3. The predicted molar refractivity (Wildman–Crippen MR) is 181 cm³/mol. The van der Waals surface area contributed by atoms with Crippen LogP contribution in [0.4, 0.5) is 15.3 Å². The van der Waals surface area contributed by atoms with Crippen molar-refractivity contribution in [1.29, 1.82) is 0 Å². The van der Waals surface area contributed by atoms with E-state index in [4.69, 9.17) is 26.4 Å². The molecule has 13 heteroatoms. The maximum Gasteiger partial charge on any atom is 0.349 e. The van der Waals surface area contributed by atoms with Crippen molar-refractivity contribution in [3.8, 4) is 5.75 Å². The lowest BCUT2D eigenvalue weighted by atomic mass is 10.1. The van der Waals surface area contributed by atoms with Crippen LogP contribution in [0.1, 0.15) is 11.1 Å². The first kappa shape index (κ1) is 33.5. The summed E-state index contributed by atoms with van der Waals surface area (Å²) in [5.41, 5.74) is 1.71. The molecule has 0 radical (unpaired) electrons. The lowest BCUT2D eigenvalue weighted by Gasteiger charge is -2.34. The molecule has 2 heterocycles. The Morgan fingerprint density at radius 1 is 0.787 bits per heavy atom. The van der Waals surface area contributed by atoms with Crippen LogP contribution in [0.15, 0.2) is 90.0 Å². The van der Waals surface area contributed by atoms with Gasteiger partial charge in [0.2, 0.25) is 0 Å². The van der Waals surface area contributed by atoms with Crippen LogP contribution < -0.4 is 9.64 Å². The SMILES string of the molecule is COc1ccc(N(C(=O)/C(=N/N(C(=O)N2CCOCC2)C(=O)N2CCOCC2)c2ccccc2)C(=S)N(C)Cc2ccccc2)cc1. The molecule has 0 N–H and O–H groups in total.